The number of amides is 1. The van der Waals surface area contributed by atoms with E-state index in [1.165, 1.54) is 6.92 Å². The Bertz CT molecular complexity index is 1180. The van der Waals surface area contributed by atoms with Crippen LogP contribution in [0.25, 0.3) is 34.2 Å². The molecule has 2 N–H and O–H groups in total. The molecular formula is C23H18N4O2. The Morgan fingerprint density at radius 3 is 1.97 bits per heavy atom. The van der Waals surface area contributed by atoms with Gasteiger partial charge in [-0.05, 0) is 24.3 Å². The maximum atomic E-state index is 11.6. The van der Waals surface area contributed by atoms with Gasteiger partial charge in [-0.2, -0.15) is 0 Å². The van der Waals surface area contributed by atoms with Crippen LogP contribution in [-0.4, -0.2) is 26.0 Å². The van der Waals surface area contributed by atoms with Crippen LogP contribution in [0.2, 0.25) is 0 Å². The Morgan fingerprint density at radius 2 is 1.28 bits per heavy atom. The lowest BCUT2D eigenvalue weighted by Crippen LogP contribution is -2.08. The summed E-state index contributed by atoms with van der Waals surface area (Å²) in [4.78, 5) is 25.4. The number of hydrogen-bond donors (Lipinski definition) is 2. The lowest BCUT2D eigenvalue weighted by Gasteiger charge is -2.12. The molecule has 0 fully saturated rings. The molecular weight excluding hydrogens is 364 g/mol. The van der Waals surface area contributed by atoms with E-state index in [4.69, 9.17) is 0 Å². The highest BCUT2D eigenvalue weighted by Crippen LogP contribution is 2.31. The molecule has 4 aromatic rings. The molecule has 142 valence electrons. The second-order valence-corrected chi connectivity index (χ2v) is 6.42. The van der Waals surface area contributed by atoms with Crippen molar-refractivity contribution in [1.82, 2.24) is 15.0 Å². The predicted octanol–water partition coefficient (Wildman–Crippen LogP) is 4.54. The molecule has 1 amide bonds. The van der Waals surface area contributed by atoms with E-state index in [0.29, 0.717) is 34.3 Å². The summed E-state index contributed by atoms with van der Waals surface area (Å²) in [5, 5.41) is 13.1. The van der Waals surface area contributed by atoms with E-state index >= 15 is 0 Å². The van der Waals surface area contributed by atoms with Crippen molar-refractivity contribution < 1.29 is 9.90 Å². The molecule has 4 rings (SSSR count). The first-order chi connectivity index (χ1) is 14.1. The summed E-state index contributed by atoms with van der Waals surface area (Å²) in [6, 6.07) is 23.8. The largest absolute Gasteiger partial charge is 0.507 e. The molecule has 1 aromatic heterocycles. The molecule has 0 aliphatic carbocycles. The van der Waals surface area contributed by atoms with Crippen LogP contribution in [0.3, 0.4) is 0 Å². The number of benzene rings is 3. The number of phenolic OH excluding ortho intramolecular Hbond substituents is 1. The molecule has 0 spiro atoms. The minimum atomic E-state index is -0.185. The fourth-order valence-electron chi connectivity index (χ4n) is 2.97. The summed E-state index contributed by atoms with van der Waals surface area (Å²) in [6.07, 6.45) is 0. The summed E-state index contributed by atoms with van der Waals surface area (Å²) >= 11 is 0. The van der Waals surface area contributed by atoms with Gasteiger partial charge in [0.15, 0.2) is 17.5 Å². The van der Waals surface area contributed by atoms with Gasteiger partial charge in [0.1, 0.15) is 5.75 Å². The van der Waals surface area contributed by atoms with Gasteiger partial charge in [0.05, 0.1) is 11.3 Å². The van der Waals surface area contributed by atoms with Crippen LogP contribution in [0.15, 0.2) is 78.9 Å². The first-order valence-electron chi connectivity index (χ1n) is 9.08. The van der Waals surface area contributed by atoms with E-state index in [2.05, 4.69) is 20.3 Å². The number of phenols is 1. The number of carbonyl (C=O) groups is 1. The number of para-hydroxylation sites is 2. The molecule has 0 saturated heterocycles. The van der Waals surface area contributed by atoms with E-state index in [1.807, 2.05) is 54.6 Å². The van der Waals surface area contributed by atoms with Gasteiger partial charge in [0.25, 0.3) is 0 Å². The van der Waals surface area contributed by atoms with Gasteiger partial charge in [0.2, 0.25) is 5.91 Å². The highest BCUT2D eigenvalue weighted by molar-refractivity contribution is 5.93. The molecule has 0 radical (unpaired) electrons. The van der Waals surface area contributed by atoms with Crippen LogP contribution in [0, 0.1) is 0 Å². The summed E-state index contributed by atoms with van der Waals surface area (Å²) in [6.45, 7) is 1.45. The van der Waals surface area contributed by atoms with Gasteiger partial charge in [-0.3, -0.25) is 4.79 Å². The minimum Gasteiger partial charge on any atom is -0.507 e. The van der Waals surface area contributed by atoms with E-state index in [1.54, 1.807) is 24.3 Å². The molecule has 6 heteroatoms. The fraction of sp³-hybridized carbons (Fsp3) is 0.0435. The number of aromatic nitrogens is 3. The molecule has 0 aliphatic rings. The number of rotatable bonds is 4. The number of nitrogens with one attached hydrogen (secondary N) is 1. The van der Waals surface area contributed by atoms with Crippen molar-refractivity contribution in [2.45, 2.75) is 6.92 Å². The second kappa shape index (κ2) is 7.90. The molecule has 6 nitrogen and oxygen atoms in total. The normalized spacial score (nSPS) is 10.5. The Labute approximate surface area is 167 Å². The van der Waals surface area contributed by atoms with Crippen molar-refractivity contribution in [2.75, 3.05) is 5.32 Å². The van der Waals surface area contributed by atoms with Crippen molar-refractivity contribution in [2.24, 2.45) is 0 Å². The van der Waals surface area contributed by atoms with Crippen LogP contribution < -0.4 is 5.32 Å². The summed E-state index contributed by atoms with van der Waals surface area (Å²) < 4.78 is 0. The maximum absolute atomic E-state index is 11.6. The van der Waals surface area contributed by atoms with Gasteiger partial charge in [-0.25, -0.2) is 15.0 Å². The topological polar surface area (TPSA) is 88.0 Å². The first kappa shape index (κ1) is 18.3. The lowest BCUT2D eigenvalue weighted by molar-refractivity contribution is -0.114. The fourth-order valence-corrected chi connectivity index (χ4v) is 2.97. The Balaban J connectivity index is 1.94. The van der Waals surface area contributed by atoms with E-state index in [-0.39, 0.29) is 11.7 Å². The van der Waals surface area contributed by atoms with Crippen LogP contribution >= 0.6 is 0 Å². The highest BCUT2D eigenvalue weighted by Gasteiger charge is 2.16. The van der Waals surface area contributed by atoms with E-state index in [0.717, 1.165) is 5.56 Å². The number of hydrogen-bond acceptors (Lipinski definition) is 5. The molecule has 1 heterocycles. The highest BCUT2D eigenvalue weighted by atomic mass is 16.3. The summed E-state index contributed by atoms with van der Waals surface area (Å²) in [5.41, 5.74) is 2.60. The standard InChI is InChI=1S/C23H18N4O2/c1-15(28)24-19-13-7-5-11-17(19)22-25-21(16-9-3-2-4-10-16)26-23(27-22)18-12-6-8-14-20(18)29/h2-14,29H,1H3,(H,24,28). The predicted molar refractivity (Wildman–Crippen MR) is 112 cm³/mol. The zero-order valence-electron chi connectivity index (χ0n) is 15.7. The second-order valence-electron chi connectivity index (χ2n) is 6.42. The Hall–Kier alpha value is -4.06. The van der Waals surface area contributed by atoms with Gasteiger partial charge >= 0.3 is 0 Å². The third-order valence-corrected chi connectivity index (χ3v) is 4.29. The molecule has 0 unspecified atom stereocenters. The summed E-state index contributed by atoms with van der Waals surface area (Å²) in [7, 11) is 0. The van der Waals surface area contributed by atoms with Gasteiger partial charge in [0, 0.05) is 18.1 Å². The van der Waals surface area contributed by atoms with Crippen LogP contribution in [0.1, 0.15) is 6.92 Å². The number of anilines is 1. The van der Waals surface area contributed by atoms with Crippen molar-refractivity contribution in [3.8, 4) is 39.9 Å². The first-order valence-corrected chi connectivity index (χ1v) is 9.08. The molecule has 0 aliphatic heterocycles. The third-order valence-electron chi connectivity index (χ3n) is 4.29. The number of nitrogens with zero attached hydrogens (tertiary/aromatic N) is 3. The molecule has 0 atom stereocenters. The number of carbonyl (C=O) groups excluding carboxylic acids is 1. The zero-order chi connectivity index (χ0) is 20.2. The average molecular weight is 382 g/mol. The van der Waals surface area contributed by atoms with Crippen LogP contribution in [0.4, 0.5) is 5.69 Å². The van der Waals surface area contributed by atoms with Gasteiger partial charge in [-0.15, -0.1) is 0 Å². The zero-order valence-corrected chi connectivity index (χ0v) is 15.7. The third kappa shape index (κ3) is 3.96. The van der Waals surface area contributed by atoms with Gasteiger partial charge < -0.3 is 10.4 Å². The average Bonchev–Trinajstić information content (AvgIpc) is 2.74. The van der Waals surface area contributed by atoms with Crippen molar-refractivity contribution in [3.63, 3.8) is 0 Å². The quantitative estimate of drug-likeness (QED) is 0.541. The van der Waals surface area contributed by atoms with Gasteiger partial charge in [-0.1, -0.05) is 54.6 Å². The molecule has 29 heavy (non-hydrogen) atoms. The molecule has 0 bridgehead atoms. The Morgan fingerprint density at radius 1 is 0.724 bits per heavy atom. The Kier molecular flexibility index (Phi) is 4.99. The van der Waals surface area contributed by atoms with Crippen molar-refractivity contribution in [3.05, 3.63) is 78.9 Å². The molecule has 0 saturated carbocycles. The van der Waals surface area contributed by atoms with Crippen molar-refractivity contribution in [1.29, 1.82) is 0 Å². The number of aromatic hydroxyl groups is 1. The maximum Gasteiger partial charge on any atom is 0.221 e. The van der Waals surface area contributed by atoms with E-state index < -0.39 is 0 Å². The van der Waals surface area contributed by atoms with Crippen LogP contribution in [-0.2, 0) is 4.79 Å². The minimum absolute atomic E-state index is 0.0822. The summed E-state index contributed by atoms with van der Waals surface area (Å²) in [5.74, 6) is 1.13. The monoisotopic (exact) mass is 382 g/mol. The van der Waals surface area contributed by atoms with Crippen LogP contribution in [0.5, 0.6) is 5.75 Å². The SMILES string of the molecule is CC(=O)Nc1ccccc1-c1nc(-c2ccccc2)nc(-c2ccccc2O)n1. The van der Waals surface area contributed by atoms with E-state index in [9.17, 15) is 9.90 Å². The lowest BCUT2D eigenvalue weighted by atomic mass is 10.1. The smallest absolute Gasteiger partial charge is 0.221 e. The van der Waals surface area contributed by atoms with Crippen molar-refractivity contribution >= 4 is 11.6 Å². The molecule has 3 aromatic carbocycles.